The molecule has 1 aliphatic heterocycles. The SMILES string of the molecule is COc1ccc(C2(CC(C)C)CCCN2)cc1. The molecule has 2 nitrogen and oxygen atoms in total. The topological polar surface area (TPSA) is 21.3 Å². The molecule has 0 aliphatic carbocycles. The Morgan fingerprint density at radius 3 is 2.47 bits per heavy atom. The minimum absolute atomic E-state index is 0.195. The number of hydrogen-bond donors (Lipinski definition) is 1. The number of benzene rings is 1. The van der Waals surface area contributed by atoms with E-state index in [2.05, 4.69) is 43.4 Å². The maximum atomic E-state index is 5.23. The molecule has 0 radical (unpaired) electrons. The van der Waals surface area contributed by atoms with E-state index in [1.54, 1.807) is 7.11 Å². The molecule has 1 heterocycles. The molecule has 17 heavy (non-hydrogen) atoms. The van der Waals surface area contributed by atoms with Crippen LogP contribution < -0.4 is 10.1 Å². The van der Waals surface area contributed by atoms with E-state index < -0.39 is 0 Å². The smallest absolute Gasteiger partial charge is 0.118 e. The van der Waals surface area contributed by atoms with E-state index in [4.69, 9.17) is 4.74 Å². The molecule has 1 aromatic rings. The van der Waals surface area contributed by atoms with Crippen LogP contribution in [-0.4, -0.2) is 13.7 Å². The van der Waals surface area contributed by atoms with Crippen molar-refractivity contribution in [2.75, 3.05) is 13.7 Å². The summed E-state index contributed by atoms with van der Waals surface area (Å²) in [6.45, 7) is 5.73. The molecular weight excluding hydrogens is 210 g/mol. The Balaban J connectivity index is 2.25. The second kappa shape index (κ2) is 5.09. The number of ether oxygens (including phenoxy) is 1. The van der Waals surface area contributed by atoms with Gasteiger partial charge in [0.05, 0.1) is 7.11 Å². The first-order valence-corrected chi connectivity index (χ1v) is 6.56. The summed E-state index contributed by atoms with van der Waals surface area (Å²) in [4.78, 5) is 0. The van der Waals surface area contributed by atoms with E-state index in [1.165, 1.54) is 24.8 Å². The van der Waals surface area contributed by atoms with Crippen LogP contribution in [0.5, 0.6) is 5.75 Å². The molecular formula is C15H23NO. The van der Waals surface area contributed by atoms with Gasteiger partial charge in [-0.1, -0.05) is 26.0 Å². The highest BCUT2D eigenvalue weighted by Crippen LogP contribution is 2.37. The van der Waals surface area contributed by atoms with Crippen LogP contribution >= 0.6 is 0 Å². The molecule has 1 unspecified atom stereocenters. The quantitative estimate of drug-likeness (QED) is 0.861. The molecule has 0 aromatic heterocycles. The van der Waals surface area contributed by atoms with Crippen LogP contribution in [0.15, 0.2) is 24.3 Å². The van der Waals surface area contributed by atoms with Gasteiger partial charge in [-0.3, -0.25) is 0 Å². The average Bonchev–Trinajstić information content (AvgIpc) is 2.78. The summed E-state index contributed by atoms with van der Waals surface area (Å²) < 4.78 is 5.23. The van der Waals surface area contributed by atoms with Crippen LogP contribution in [0.4, 0.5) is 0 Å². The van der Waals surface area contributed by atoms with Crippen molar-refractivity contribution in [2.24, 2.45) is 5.92 Å². The first-order valence-electron chi connectivity index (χ1n) is 6.56. The Morgan fingerprint density at radius 2 is 2.00 bits per heavy atom. The summed E-state index contributed by atoms with van der Waals surface area (Å²) in [6.07, 6.45) is 3.73. The summed E-state index contributed by atoms with van der Waals surface area (Å²) in [5, 5.41) is 3.71. The molecule has 1 N–H and O–H groups in total. The van der Waals surface area contributed by atoms with E-state index in [1.807, 2.05) is 0 Å². The van der Waals surface area contributed by atoms with E-state index in [0.717, 1.165) is 12.3 Å². The summed E-state index contributed by atoms with van der Waals surface area (Å²) in [5.41, 5.74) is 1.60. The number of methoxy groups -OCH3 is 1. The van der Waals surface area contributed by atoms with Crippen molar-refractivity contribution >= 4 is 0 Å². The van der Waals surface area contributed by atoms with Gasteiger partial charge >= 0.3 is 0 Å². The highest BCUT2D eigenvalue weighted by molar-refractivity contribution is 5.32. The third-order valence-corrected chi connectivity index (χ3v) is 3.64. The van der Waals surface area contributed by atoms with E-state index in [-0.39, 0.29) is 5.54 Å². The maximum Gasteiger partial charge on any atom is 0.118 e. The summed E-state index contributed by atoms with van der Waals surface area (Å²) in [5.74, 6) is 1.65. The summed E-state index contributed by atoms with van der Waals surface area (Å²) in [6, 6.07) is 8.55. The minimum Gasteiger partial charge on any atom is -0.497 e. The van der Waals surface area contributed by atoms with Crippen LogP contribution in [0.1, 0.15) is 38.7 Å². The molecule has 94 valence electrons. The fraction of sp³-hybridized carbons (Fsp3) is 0.600. The van der Waals surface area contributed by atoms with Gasteiger partial charge in [0.25, 0.3) is 0 Å². The van der Waals surface area contributed by atoms with Crippen LogP contribution in [0, 0.1) is 5.92 Å². The van der Waals surface area contributed by atoms with Gasteiger partial charge in [0, 0.05) is 5.54 Å². The van der Waals surface area contributed by atoms with E-state index in [9.17, 15) is 0 Å². The Morgan fingerprint density at radius 1 is 1.29 bits per heavy atom. The van der Waals surface area contributed by atoms with Crippen molar-refractivity contribution in [2.45, 2.75) is 38.6 Å². The van der Waals surface area contributed by atoms with Crippen molar-refractivity contribution in [1.29, 1.82) is 0 Å². The van der Waals surface area contributed by atoms with E-state index >= 15 is 0 Å². The summed E-state index contributed by atoms with van der Waals surface area (Å²) >= 11 is 0. The van der Waals surface area contributed by atoms with Crippen LogP contribution in [0.25, 0.3) is 0 Å². The Labute approximate surface area is 104 Å². The largest absolute Gasteiger partial charge is 0.497 e. The van der Waals surface area contributed by atoms with Crippen LogP contribution in [-0.2, 0) is 5.54 Å². The Bertz CT molecular complexity index is 350. The molecule has 0 bridgehead atoms. The first kappa shape index (κ1) is 12.4. The Kier molecular flexibility index (Phi) is 3.72. The molecule has 1 aromatic carbocycles. The molecule has 0 amide bonds. The van der Waals surface area contributed by atoms with Gasteiger partial charge in [-0.15, -0.1) is 0 Å². The predicted molar refractivity (Wildman–Crippen MR) is 71.4 cm³/mol. The minimum atomic E-state index is 0.195. The molecule has 1 atom stereocenters. The van der Waals surface area contributed by atoms with Gasteiger partial charge in [0.15, 0.2) is 0 Å². The zero-order valence-electron chi connectivity index (χ0n) is 11.1. The van der Waals surface area contributed by atoms with Gasteiger partial charge < -0.3 is 10.1 Å². The van der Waals surface area contributed by atoms with Crippen molar-refractivity contribution in [3.05, 3.63) is 29.8 Å². The zero-order valence-corrected chi connectivity index (χ0v) is 11.1. The first-order chi connectivity index (χ1) is 8.16. The van der Waals surface area contributed by atoms with Gasteiger partial charge in [-0.2, -0.15) is 0 Å². The second-order valence-corrected chi connectivity index (χ2v) is 5.44. The van der Waals surface area contributed by atoms with Gasteiger partial charge in [0.1, 0.15) is 5.75 Å². The number of nitrogens with one attached hydrogen (secondary N) is 1. The standard InChI is InChI=1S/C15H23NO/c1-12(2)11-15(9-4-10-16-15)13-5-7-14(17-3)8-6-13/h5-8,12,16H,4,9-11H2,1-3H3. The van der Waals surface area contributed by atoms with Crippen molar-refractivity contribution in [3.63, 3.8) is 0 Å². The van der Waals surface area contributed by atoms with Crippen molar-refractivity contribution in [3.8, 4) is 5.75 Å². The second-order valence-electron chi connectivity index (χ2n) is 5.44. The fourth-order valence-corrected chi connectivity index (χ4v) is 2.95. The fourth-order valence-electron chi connectivity index (χ4n) is 2.95. The summed E-state index contributed by atoms with van der Waals surface area (Å²) in [7, 11) is 1.71. The average molecular weight is 233 g/mol. The lowest BCUT2D eigenvalue weighted by atomic mass is 9.81. The molecule has 0 spiro atoms. The normalized spacial score (nSPS) is 24.2. The lowest BCUT2D eigenvalue weighted by Gasteiger charge is -2.32. The highest BCUT2D eigenvalue weighted by Gasteiger charge is 2.35. The molecule has 0 saturated carbocycles. The number of rotatable bonds is 4. The lowest BCUT2D eigenvalue weighted by Crippen LogP contribution is -2.38. The van der Waals surface area contributed by atoms with Crippen molar-refractivity contribution < 1.29 is 4.74 Å². The highest BCUT2D eigenvalue weighted by atomic mass is 16.5. The molecule has 1 aliphatic rings. The maximum absolute atomic E-state index is 5.23. The lowest BCUT2D eigenvalue weighted by molar-refractivity contribution is 0.310. The molecule has 2 rings (SSSR count). The molecule has 1 fully saturated rings. The van der Waals surface area contributed by atoms with Crippen LogP contribution in [0.2, 0.25) is 0 Å². The van der Waals surface area contributed by atoms with Gasteiger partial charge in [-0.05, 0) is 49.4 Å². The van der Waals surface area contributed by atoms with Crippen molar-refractivity contribution in [1.82, 2.24) is 5.32 Å². The molecule has 2 heteroatoms. The van der Waals surface area contributed by atoms with Gasteiger partial charge in [-0.25, -0.2) is 0 Å². The zero-order chi connectivity index (χ0) is 12.3. The van der Waals surface area contributed by atoms with E-state index in [0.29, 0.717) is 5.92 Å². The monoisotopic (exact) mass is 233 g/mol. The predicted octanol–water partition coefficient (Wildman–Crippen LogP) is 3.32. The van der Waals surface area contributed by atoms with Crippen LogP contribution in [0.3, 0.4) is 0 Å². The third kappa shape index (κ3) is 2.63. The number of hydrogen-bond acceptors (Lipinski definition) is 2. The van der Waals surface area contributed by atoms with Gasteiger partial charge in [0.2, 0.25) is 0 Å². The molecule has 1 saturated heterocycles. The Hall–Kier alpha value is -1.02. The third-order valence-electron chi connectivity index (χ3n) is 3.64.